The number of methoxy groups -OCH3 is 1. The van der Waals surface area contributed by atoms with E-state index in [-0.39, 0.29) is 47.3 Å². The van der Waals surface area contributed by atoms with Gasteiger partial charge in [-0.2, -0.15) is 0 Å². The molecule has 3 heterocycles. The van der Waals surface area contributed by atoms with Gasteiger partial charge in [0.05, 0.1) is 19.6 Å². The molecule has 0 radical (unpaired) electrons. The fourth-order valence-corrected chi connectivity index (χ4v) is 5.22. The number of nitrogens with zero attached hydrogens (tertiary/aromatic N) is 4. The van der Waals surface area contributed by atoms with Gasteiger partial charge in [0.2, 0.25) is 0 Å². The van der Waals surface area contributed by atoms with Crippen molar-refractivity contribution in [3.63, 3.8) is 0 Å². The molecule has 3 saturated heterocycles. The molecular weight excluding hydrogens is 493 g/mol. The molecule has 0 spiro atoms. The van der Waals surface area contributed by atoms with E-state index in [9.17, 15) is 4.79 Å². The number of esters is 1. The molecule has 0 aromatic rings. The van der Waals surface area contributed by atoms with Gasteiger partial charge < -0.3 is 19.9 Å². The highest BCUT2D eigenvalue weighted by atomic mass is 127. The van der Waals surface area contributed by atoms with E-state index in [0.717, 1.165) is 38.7 Å². The lowest BCUT2D eigenvalue weighted by Crippen LogP contribution is -2.58. The minimum atomic E-state index is -0.101. The third-order valence-electron chi connectivity index (χ3n) is 7.22. The highest BCUT2D eigenvalue weighted by Crippen LogP contribution is 2.32. The molecule has 0 aromatic heterocycles. The number of hydrogen-bond donors (Lipinski definition) is 1. The number of ether oxygens (including phenoxy) is 1. The molecule has 2 unspecified atom stereocenters. The molecule has 174 valence electrons. The lowest BCUT2D eigenvalue weighted by Gasteiger charge is -2.49. The van der Waals surface area contributed by atoms with Crippen molar-refractivity contribution in [1.29, 1.82) is 0 Å². The Morgan fingerprint density at radius 1 is 1.13 bits per heavy atom. The summed E-state index contributed by atoms with van der Waals surface area (Å²) in [6.45, 7) is 12.2. The van der Waals surface area contributed by atoms with E-state index in [1.165, 1.54) is 52.3 Å². The van der Waals surface area contributed by atoms with Crippen molar-refractivity contribution in [2.75, 3.05) is 66.5 Å². The third kappa shape index (κ3) is 6.00. The van der Waals surface area contributed by atoms with Gasteiger partial charge in [-0.1, -0.05) is 13.3 Å². The predicted molar refractivity (Wildman–Crippen MR) is 133 cm³/mol. The number of nitrogens with one attached hydrogen (secondary N) is 1. The van der Waals surface area contributed by atoms with Crippen LogP contribution in [0.4, 0.5) is 0 Å². The second-order valence-corrected chi connectivity index (χ2v) is 9.26. The summed E-state index contributed by atoms with van der Waals surface area (Å²) in [6, 6.07) is 0. The van der Waals surface area contributed by atoms with Crippen LogP contribution in [0.5, 0.6) is 0 Å². The monoisotopic (exact) mass is 535 g/mol. The van der Waals surface area contributed by atoms with Crippen molar-refractivity contribution >= 4 is 35.9 Å². The highest BCUT2D eigenvalue weighted by molar-refractivity contribution is 14.0. The average molecular weight is 536 g/mol. The van der Waals surface area contributed by atoms with Gasteiger partial charge in [-0.05, 0) is 71.8 Å². The minimum absolute atomic E-state index is 0. The zero-order valence-electron chi connectivity index (χ0n) is 19.4. The first-order valence-corrected chi connectivity index (χ1v) is 11.5. The summed E-state index contributed by atoms with van der Waals surface area (Å²) in [4.78, 5) is 24.7. The first-order valence-electron chi connectivity index (χ1n) is 11.5. The summed E-state index contributed by atoms with van der Waals surface area (Å²) in [5.74, 6) is 1.07. The molecule has 3 rings (SSSR count). The first-order chi connectivity index (χ1) is 14.0. The molecule has 3 fully saturated rings. The van der Waals surface area contributed by atoms with Crippen molar-refractivity contribution in [3.05, 3.63) is 0 Å². The SMILES string of the molecule is CCNC(=NCC1(N2CCCCC2)CCN(C)CC1)N1CC(C)C(C(=O)OC)C1.I. The second kappa shape index (κ2) is 11.9. The molecule has 0 saturated carbocycles. The van der Waals surface area contributed by atoms with Crippen LogP contribution in [0, 0.1) is 11.8 Å². The Hall–Kier alpha value is -0.610. The van der Waals surface area contributed by atoms with Crippen molar-refractivity contribution in [2.24, 2.45) is 16.8 Å². The summed E-state index contributed by atoms with van der Waals surface area (Å²) >= 11 is 0. The largest absolute Gasteiger partial charge is 0.469 e. The number of guanidine groups is 1. The van der Waals surface area contributed by atoms with Crippen LogP contribution in [-0.2, 0) is 9.53 Å². The minimum Gasteiger partial charge on any atom is -0.469 e. The Bertz CT molecular complexity index is 574. The van der Waals surface area contributed by atoms with Gasteiger partial charge in [-0.25, -0.2) is 0 Å². The highest BCUT2D eigenvalue weighted by Gasteiger charge is 2.41. The quantitative estimate of drug-likeness (QED) is 0.252. The Morgan fingerprint density at radius 3 is 2.40 bits per heavy atom. The lowest BCUT2D eigenvalue weighted by molar-refractivity contribution is -0.145. The Balaban J connectivity index is 0.00000320. The van der Waals surface area contributed by atoms with E-state index in [2.05, 4.69) is 40.9 Å². The molecule has 30 heavy (non-hydrogen) atoms. The number of carbonyl (C=O) groups is 1. The average Bonchev–Trinajstić information content (AvgIpc) is 3.14. The Labute approximate surface area is 200 Å². The molecule has 0 aliphatic carbocycles. The maximum Gasteiger partial charge on any atom is 0.310 e. The van der Waals surface area contributed by atoms with Crippen molar-refractivity contribution in [3.8, 4) is 0 Å². The van der Waals surface area contributed by atoms with Gasteiger partial charge >= 0.3 is 5.97 Å². The molecular formula is C22H42IN5O2. The second-order valence-electron chi connectivity index (χ2n) is 9.26. The smallest absolute Gasteiger partial charge is 0.310 e. The van der Waals surface area contributed by atoms with E-state index in [1.807, 2.05) is 0 Å². The van der Waals surface area contributed by atoms with E-state index >= 15 is 0 Å². The summed E-state index contributed by atoms with van der Waals surface area (Å²) in [7, 11) is 3.71. The summed E-state index contributed by atoms with van der Waals surface area (Å²) in [5, 5.41) is 3.49. The fraction of sp³-hybridized carbons (Fsp3) is 0.909. The first kappa shape index (κ1) is 25.6. The van der Waals surface area contributed by atoms with Crippen LogP contribution in [0.3, 0.4) is 0 Å². The van der Waals surface area contributed by atoms with E-state index < -0.39 is 0 Å². The predicted octanol–water partition coefficient (Wildman–Crippen LogP) is 2.26. The topological polar surface area (TPSA) is 60.4 Å². The standard InChI is InChI=1S/C22H41N5O2.HI/c1-5-23-21(26-15-18(2)19(16-26)20(28)29-4)24-17-22(9-13-25(3)14-10-22)27-11-7-6-8-12-27;/h18-19H,5-17H2,1-4H3,(H,23,24);1H. The van der Waals surface area contributed by atoms with E-state index in [4.69, 9.17) is 9.73 Å². The van der Waals surface area contributed by atoms with E-state index in [1.54, 1.807) is 0 Å². The Morgan fingerprint density at radius 2 is 1.80 bits per heavy atom. The van der Waals surface area contributed by atoms with Crippen LogP contribution in [0.15, 0.2) is 4.99 Å². The van der Waals surface area contributed by atoms with Crippen LogP contribution in [0.25, 0.3) is 0 Å². The summed E-state index contributed by atoms with van der Waals surface area (Å²) < 4.78 is 5.02. The van der Waals surface area contributed by atoms with E-state index in [0.29, 0.717) is 6.54 Å². The van der Waals surface area contributed by atoms with Crippen molar-refractivity contribution in [1.82, 2.24) is 20.0 Å². The Kier molecular flexibility index (Phi) is 10.1. The zero-order valence-corrected chi connectivity index (χ0v) is 21.7. The van der Waals surface area contributed by atoms with Gasteiger partial charge in [0, 0.05) is 25.2 Å². The number of likely N-dealkylation sites (tertiary alicyclic amines) is 3. The molecule has 2 atom stereocenters. The number of carbonyl (C=O) groups excluding carboxylic acids is 1. The van der Waals surface area contributed by atoms with Gasteiger partial charge in [-0.15, -0.1) is 24.0 Å². The molecule has 0 amide bonds. The van der Waals surface area contributed by atoms with Crippen LogP contribution in [-0.4, -0.2) is 98.7 Å². The maximum absolute atomic E-state index is 12.1. The van der Waals surface area contributed by atoms with Crippen LogP contribution < -0.4 is 5.32 Å². The van der Waals surface area contributed by atoms with Crippen molar-refractivity contribution < 1.29 is 9.53 Å². The molecule has 7 nitrogen and oxygen atoms in total. The number of aliphatic imine (C=N–C) groups is 1. The number of rotatable bonds is 5. The number of halogens is 1. The van der Waals surface area contributed by atoms with Crippen molar-refractivity contribution in [2.45, 2.75) is 51.5 Å². The summed E-state index contributed by atoms with van der Waals surface area (Å²) in [5.41, 5.74) is 0.181. The molecule has 8 heteroatoms. The molecule has 3 aliphatic heterocycles. The van der Waals surface area contributed by atoms with Gasteiger partial charge in [0.25, 0.3) is 0 Å². The maximum atomic E-state index is 12.1. The summed E-state index contributed by atoms with van der Waals surface area (Å²) in [6.07, 6.45) is 6.36. The number of piperidine rings is 2. The molecule has 0 bridgehead atoms. The molecule has 3 aliphatic rings. The number of hydrogen-bond acceptors (Lipinski definition) is 5. The molecule has 0 aromatic carbocycles. The van der Waals surface area contributed by atoms with Gasteiger partial charge in [0.1, 0.15) is 0 Å². The van der Waals surface area contributed by atoms with Crippen LogP contribution >= 0.6 is 24.0 Å². The van der Waals surface area contributed by atoms with Crippen LogP contribution in [0.1, 0.15) is 46.0 Å². The fourth-order valence-electron chi connectivity index (χ4n) is 5.22. The van der Waals surface area contributed by atoms with Crippen LogP contribution in [0.2, 0.25) is 0 Å². The lowest BCUT2D eigenvalue weighted by atomic mass is 9.84. The third-order valence-corrected chi connectivity index (χ3v) is 7.22. The zero-order chi connectivity index (χ0) is 20.9. The van der Waals surface area contributed by atoms with Gasteiger partial charge in [-0.3, -0.25) is 14.7 Å². The normalized spacial score (nSPS) is 28.1. The molecule has 1 N–H and O–H groups in total. The van der Waals surface area contributed by atoms with Gasteiger partial charge in [0.15, 0.2) is 5.96 Å².